The zero-order chi connectivity index (χ0) is 17.6. The summed E-state index contributed by atoms with van der Waals surface area (Å²) >= 11 is 0. The third kappa shape index (κ3) is 3.72. The Morgan fingerprint density at radius 2 is 1.76 bits per heavy atom. The summed E-state index contributed by atoms with van der Waals surface area (Å²) < 4.78 is 16.3. The summed E-state index contributed by atoms with van der Waals surface area (Å²) in [5, 5.41) is 12.4. The molecule has 25 heavy (non-hydrogen) atoms. The summed E-state index contributed by atoms with van der Waals surface area (Å²) in [5.74, 6) is 2.19. The van der Waals surface area contributed by atoms with E-state index in [4.69, 9.17) is 13.9 Å². The number of nitrogens with zero attached hydrogens (tertiary/aromatic N) is 2. The lowest BCUT2D eigenvalue weighted by Gasteiger charge is -2.05. The van der Waals surface area contributed by atoms with Crippen LogP contribution in [-0.4, -0.2) is 18.7 Å². The fourth-order valence-electron chi connectivity index (χ4n) is 2.27. The molecule has 0 fully saturated rings. The number of oxazole rings is 1. The van der Waals surface area contributed by atoms with Gasteiger partial charge in [0.2, 0.25) is 17.5 Å². The van der Waals surface area contributed by atoms with E-state index in [-0.39, 0.29) is 5.69 Å². The normalized spacial score (nSPS) is 10.1. The van der Waals surface area contributed by atoms with Crippen molar-refractivity contribution in [2.75, 3.05) is 19.0 Å². The van der Waals surface area contributed by atoms with Crippen molar-refractivity contribution in [1.82, 2.24) is 4.98 Å². The summed E-state index contributed by atoms with van der Waals surface area (Å²) in [7, 11) is 1.60. The van der Waals surface area contributed by atoms with Crippen LogP contribution in [0.2, 0.25) is 0 Å². The second-order valence-corrected chi connectivity index (χ2v) is 5.12. The quantitative estimate of drug-likeness (QED) is 0.721. The Morgan fingerprint density at radius 1 is 1.08 bits per heavy atom. The highest BCUT2D eigenvalue weighted by molar-refractivity contribution is 5.64. The van der Waals surface area contributed by atoms with Crippen LogP contribution in [0.25, 0.3) is 11.5 Å². The Morgan fingerprint density at radius 3 is 2.36 bits per heavy atom. The Labute approximate surface area is 145 Å². The molecule has 0 unspecified atom stereocenters. The maximum Gasteiger partial charge on any atom is 0.236 e. The standard InChI is InChI=1S/C19H17N3O3/c1-3-24-16-10-6-14(7-11-16)21-19-17(12-20)22-18(25-19)13-4-8-15(23-2)9-5-13/h4-11,21H,3H2,1-2H3. The molecule has 0 aliphatic carbocycles. The van der Waals surface area contributed by atoms with Crippen LogP contribution in [0.5, 0.6) is 11.5 Å². The first-order valence-electron chi connectivity index (χ1n) is 7.78. The lowest BCUT2D eigenvalue weighted by Crippen LogP contribution is -1.93. The van der Waals surface area contributed by atoms with Gasteiger partial charge >= 0.3 is 0 Å². The first kappa shape index (κ1) is 16.4. The average Bonchev–Trinajstić information content (AvgIpc) is 3.06. The Hall–Kier alpha value is -3.46. The Bertz CT molecular complexity index is 878. The van der Waals surface area contributed by atoms with Gasteiger partial charge in [-0.15, -0.1) is 0 Å². The third-order valence-electron chi connectivity index (χ3n) is 3.49. The first-order valence-corrected chi connectivity index (χ1v) is 7.78. The Balaban J connectivity index is 1.83. The van der Waals surface area contributed by atoms with E-state index in [1.807, 2.05) is 61.5 Å². The summed E-state index contributed by atoms with van der Waals surface area (Å²) in [6.07, 6.45) is 0. The van der Waals surface area contributed by atoms with Gasteiger partial charge in [-0.05, 0) is 55.5 Å². The van der Waals surface area contributed by atoms with Crippen LogP contribution in [0.3, 0.4) is 0 Å². The van der Waals surface area contributed by atoms with Crippen LogP contribution in [0.15, 0.2) is 52.9 Å². The van der Waals surface area contributed by atoms with Crippen molar-refractivity contribution in [1.29, 1.82) is 5.26 Å². The van der Waals surface area contributed by atoms with Crippen molar-refractivity contribution in [2.45, 2.75) is 6.92 Å². The van der Waals surface area contributed by atoms with Gasteiger partial charge in [-0.3, -0.25) is 0 Å². The SMILES string of the molecule is CCOc1ccc(Nc2oc(-c3ccc(OC)cc3)nc2C#N)cc1. The molecule has 2 aromatic carbocycles. The topological polar surface area (TPSA) is 80.3 Å². The molecule has 126 valence electrons. The molecule has 6 heteroatoms. The van der Waals surface area contributed by atoms with E-state index in [1.54, 1.807) is 7.11 Å². The van der Waals surface area contributed by atoms with Crippen LogP contribution in [-0.2, 0) is 0 Å². The second kappa shape index (κ2) is 7.41. The average molecular weight is 335 g/mol. The third-order valence-corrected chi connectivity index (χ3v) is 3.49. The summed E-state index contributed by atoms with van der Waals surface area (Å²) in [6, 6.07) is 16.7. The number of anilines is 2. The number of ether oxygens (including phenoxy) is 2. The number of methoxy groups -OCH3 is 1. The van der Waals surface area contributed by atoms with E-state index in [2.05, 4.69) is 10.3 Å². The molecule has 0 atom stereocenters. The molecule has 0 amide bonds. The minimum Gasteiger partial charge on any atom is -0.497 e. The van der Waals surface area contributed by atoms with Crippen LogP contribution in [0.1, 0.15) is 12.6 Å². The predicted octanol–water partition coefficient (Wildman–Crippen LogP) is 4.36. The molecule has 6 nitrogen and oxygen atoms in total. The van der Waals surface area contributed by atoms with Gasteiger partial charge in [-0.1, -0.05) is 0 Å². The number of rotatable bonds is 6. The van der Waals surface area contributed by atoms with Gasteiger partial charge in [-0.25, -0.2) is 0 Å². The monoisotopic (exact) mass is 335 g/mol. The molecule has 0 bridgehead atoms. The van der Waals surface area contributed by atoms with E-state index in [0.29, 0.717) is 18.4 Å². The van der Waals surface area contributed by atoms with E-state index < -0.39 is 0 Å². The molecule has 3 rings (SSSR count). The number of hydrogen-bond donors (Lipinski definition) is 1. The molecule has 1 N–H and O–H groups in total. The number of nitriles is 1. The largest absolute Gasteiger partial charge is 0.497 e. The predicted molar refractivity (Wildman–Crippen MR) is 94.1 cm³/mol. The van der Waals surface area contributed by atoms with Gasteiger partial charge in [-0.2, -0.15) is 10.2 Å². The smallest absolute Gasteiger partial charge is 0.236 e. The molecule has 0 aliphatic rings. The minimum absolute atomic E-state index is 0.194. The van der Waals surface area contributed by atoms with Gasteiger partial charge in [0.1, 0.15) is 17.6 Å². The molecule has 0 radical (unpaired) electrons. The van der Waals surface area contributed by atoms with Gasteiger partial charge < -0.3 is 19.2 Å². The van der Waals surface area contributed by atoms with Crippen LogP contribution in [0, 0.1) is 11.3 Å². The number of benzene rings is 2. The summed E-state index contributed by atoms with van der Waals surface area (Å²) in [4.78, 5) is 4.24. The van der Waals surface area contributed by atoms with E-state index in [0.717, 1.165) is 22.7 Å². The van der Waals surface area contributed by atoms with Crippen LogP contribution in [0.4, 0.5) is 11.6 Å². The van der Waals surface area contributed by atoms with Crippen molar-refractivity contribution >= 4 is 11.6 Å². The molecule has 1 heterocycles. The van der Waals surface area contributed by atoms with Gasteiger partial charge in [0.05, 0.1) is 13.7 Å². The molecule has 0 spiro atoms. The number of hydrogen-bond acceptors (Lipinski definition) is 6. The zero-order valence-electron chi connectivity index (χ0n) is 13.9. The molecule has 0 aliphatic heterocycles. The van der Waals surface area contributed by atoms with Crippen molar-refractivity contribution in [3.63, 3.8) is 0 Å². The molecule has 0 saturated heterocycles. The van der Waals surface area contributed by atoms with E-state index >= 15 is 0 Å². The summed E-state index contributed by atoms with van der Waals surface area (Å²) in [5.41, 5.74) is 1.73. The van der Waals surface area contributed by atoms with Gasteiger partial charge in [0.25, 0.3) is 0 Å². The number of nitrogens with one attached hydrogen (secondary N) is 1. The van der Waals surface area contributed by atoms with E-state index in [1.165, 1.54) is 0 Å². The van der Waals surface area contributed by atoms with Crippen molar-refractivity contribution < 1.29 is 13.9 Å². The fourth-order valence-corrected chi connectivity index (χ4v) is 2.27. The van der Waals surface area contributed by atoms with Gasteiger partial charge in [0, 0.05) is 11.3 Å². The van der Waals surface area contributed by atoms with Gasteiger partial charge in [0.15, 0.2) is 0 Å². The second-order valence-electron chi connectivity index (χ2n) is 5.12. The molecule has 3 aromatic rings. The van der Waals surface area contributed by atoms with Crippen molar-refractivity contribution in [3.05, 3.63) is 54.2 Å². The lowest BCUT2D eigenvalue weighted by molar-refractivity contribution is 0.340. The molecule has 1 aromatic heterocycles. The molecule has 0 saturated carbocycles. The lowest BCUT2D eigenvalue weighted by atomic mass is 10.2. The van der Waals surface area contributed by atoms with Crippen molar-refractivity contribution in [2.24, 2.45) is 0 Å². The van der Waals surface area contributed by atoms with E-state index in [9.17, 15) is 5.26 Å². The highest BCUT2D eigenvalue weighted by Crippen LogP contribution is 2.29. The first-order chi connectivity index (χ1) is 12.2. The summed E-state index contributed by atoms with van der Waals surface area (Å²) in [6.45, 7) is 2.54. The Kier molecular flexibility index (Phi) is 4.86. The fraction of sp³-hybridized carbons (Fsp3) is 0.158. The van der Waals surface area contributed by atoms with Crippen molar-refractivity contribution in [3.8, 4) is 29.0 Å². The minimum atomic E-state index is 0.194. The maximum atomic E-state index is 9.30. The molecular formula is C19H17N3O3. The highest BCUT2D eigenvalue weighted by Gasteiger charge is 2.15. The van der Waals surface area contributed by atoms with Crippen LogP contribution < -0.4 is 14.8 Å². The highest BCUT2D eigenvalue weighted by atomic mass is 16.5. The number of aromatic nitrogens is 1. The molecular weight excluding hydrogens is 318 g/mol. The van der Waals surface area contributed by atoms with Crippen LogP contribution >= 0.6 is 0 Å². The maximum absolute atomic E-state index is 9.30. The zero-order valence-corrected chi connectivity index (χ0v) is 13.9.